The van der Waals surface area contributed by atoms with E-state index in [2.05, 4.69) is 46.4 Å². The lowest BCUT2D eigenvalue weighted by molar-refractivity contribution is -0.0407. The van der Waals surface area contributed by atoms with Gasteiger partial charge in [0, 0.05) is 37.8 Å². The number of fused-ring (bicyclic) bond motifs is 1. The number of thioether (sulfide) groups is 1. The summed E-state index contributed by atoms with van der Waals surface area (Å²) in [6, 6.07) is 20.9. The number of benzene rings is 2. The molecule has 0 spiro atoms. The van der Waals surface area contributed by atoms with Crippen molar-refractivity contribution in [2.24, 2.45) is 0 Å². The predicted octanol–water partition coefficient (Wildman–Crippen LogP) is 5.55. The maximum atomic E-state index is 13.1. The van der Waals surface area contributed by atoms with Crippen molar-refractivity contribution in [1.29, 1.82) is 0 Å². The number of morpholine rings is 1. The average Bonchev–Trinajstić information content (AvgIpc) is 3.67. The van der Waals surface area contributed by atoms with Crippen LogP contribution in [0.25, 0.3) is 10.9 Å². The third-order valence-corrected chi connectivity index (χ3v) is 11.7. The lowest BCUT2D eigenvalue weighted by atomic mass is 10.2. The number of amides is 1. The van der Waals surface area contributed by atoms with Gasteiger partial charge in [-0.1, -0.05) is 48.5 Å². The van der Waals surface area contributed by atoms with Crippen LogP contribution in [0, 0.1) is 0 Å². The number of H-pyrrole nitrogens is 1. The number of rotatable bonds is 12. The second-order valence-corrected chi connectivity index (χ2v) is 14.9. The summed E-state index contributed by atoms with van der Waals surface area (Å²) >= 11 is 3.02. The van der Waals surface area contributed by atoms with Crippen LogP contribution in [0.2, 0.25) is 0 Å². The van der Waals surface area contributed by atoms with Gasteiger partial charge in [-0.05, 0) is 55.5 Å². The maximum absolute atomic E-state index is 13.1. The quantitative estimate of drug-likeness (QED) is 0.204. The zero-order valence-electron chi connectivity index (χ0n) is 23.3. The Hall–Kier alpha value is -2.83. The lowest BCUT2D eigenvalue weighted by Gasteiger charge is -2.40. The molecule has 8 nitrogen and oxygen atoms in total. The molecule has 1 aliphatic rings. The predicted molar refractivity (Wildman–Crippen MR) is 168 cm³/mol. The zero-order chi connectivity index (χ0) is 28.9. The van der Waals surface area contributed by atoms with Crippen LogP contribution in [0.5, 0.6) is 0 Å². The highest BCUT2D eigenvalue weighted by molar-refractivity contribution is 7.99. The minimum atomic E-state index is -3.69. The molecule has 1 aliphatic heterocycles. The summed E-state index contributed by atoms with van der Waals surface area (Å²) in [4.78, 5) is 18.3. The third kappa shape index (κ3) is 7.15. The number of nitrogens with zero attached hydrogens (tertiary/aromatic N) is 2. The van der Waals surface area contributed by atoms with Gasteiger partial charge in [-0.25, -0.2) is 8.42 Å². The number of hydrogen-bond acceptors (Lipinski definition) is 7. The van der Waals surface area contributed by atoms with E-state index in [0.717, 1.165) is 50.2 Å². The van der Waals surface area contributed by atoms with Gasteiger partial charge in [-0.15, -0.1) is 23.1 Å². The van der Waals surface area contributed by atoms with Crippen molar-refractivity contribution in [2.45, 2.75) is 34.7 Å². The van der Waals surface area contributed by atoms with E-state index >= 15 is 0 Å². The van der Waals surface area contributed by atoms with E-state index < -0.39 is 10.0 Å². The van der Waals surface area contributed by atoms with Crippen molar-refractivity contribution in [3.05, 3.63) is 83.4 Å². The number of anilines is 1. The number of para-hydroxylation sites is 1. The molecule has 218 valence electrons. The monoisotopic (exact) mass is 612 g/mol. The van der Waals surface area contributed by atoms with Crippen molar-refractivity contribution in [1.82, 2.24) is 15.2 Å². The molecular weight excluding hydrogens is 577 g/mol. The van der Waals surface area contributed by atoms with Crippen molar-refractivity contribution < 1.29 is 17.9 Å². The van der Waals surface area contributed by atoms with Gasteiger partial charge in [0.2, 0.25) is 0 Å². The molecule has 3 heterocycles. The molecule has 11 heteroatoms. The molecule has 41 heavy (non-hydrogen) atoms. The molecule has 2 aromatic carbocycles. The first-order chi connectivity index (χ1) is 19.7. The molecule has 0 radical (unpaired) electrons. The number of nitrogens with one attached hydrogen (secondary N) is 2. The molecule has 5 rings (SSSR count). The number of sulfonamides is 1. The first-order valence-corrected chi connectivity index (χ1v) is 17.0. The highest BCUT2D eigenvalue weighted by atomic mass is 32.2. The number of aromatic amines is 1. The second kappa shape index (κ2) is 13.0. The van der Waals surface area contributed by atoms with Gasteiger partial charge >= 0.3 is 0 Å². The number of carbonyl (C=O) groups is 1. The van der Waals surface area contributed by atoms with Gasteiger partial charge in [-0.3, -0.25) is 14.0 Å². The molecule has 0 saturated carbocycles. The molecule has 1 unspecified atom stereocenters. The Morgan fingerprint density at radius 2 is 1.98 bits per heavy atom. The minimum Gasteiger partial charge on any atom is -0.362 e. The normalized spacial score (nSPS) is 18.0. The molecule has 0 aliphatic carbocycles. The smallest absolute Gasteiger partial charge is 0.273 e. The van der Waals surface area contributed by atoms with Crippen LogP contribution >= 0.6 is 23.1 Å². The second-order valence-electron chi connectivity index (χ2n) is 10.3. The van der Waals surface area contributed by atoms with Crippen LogP contribution in [0.3, 0.4) is 0 Å². The Kier molecular flexibility index (Phi) is 9.40. The van der Waals surface area contributed by atoms with Crippen LogP contribution in [0.15, 0.2) is 76.3 Å². The third-order valence-electron chi connectivity index (χ3n) is 7.23. The Labute approximate surface area is 250 Å². The number of carbonyl (C=O) groups excluding carboxylic acids is 1. The minimum absolute atomic E-state index is 0.202. The summed E-state index contributed by atoms with van der Waals surface area (Å²) < 4.78 is 33.8. The fourth-order valence-corrected chi connectivity index (χ4v) is 8.44. The number of thiophene rings is 1. The number of aromatic nitrogens is 1. The zero-order valence-corrected chi connectivity index (χ0v) is 25.8. The lowest BCUT2D eigenvalue weighted by Crippen LogP contribution is -2.48. The number of hydrogen-bond donors (Lipinski definition) is 2. The van der Waals surface area contributed by atoms with Crippen molar-refractivity contribution in [3.63, 3.8) is 0 Å². The Balaban J connectivity index is 1.10. The van der Waals surface area contributed by atoms with Gasteiger partial charge in [-0.2, -0.15) is 0 Å². The fourth-order valence-electron chi connectivity index (χ4n) is 4.97. The van der Waals surface area contributed by atoms with Crippen LogP contribution in [0.4, 0.5) is 5.69 Å². The van der Waals surface area contributed by atoms with Crippen LogP contribution in [-0.4, -0.2) is 69.0 Å². The molecule has 4 aromatic rings. The van der Waals surface area contributed by atoms with E-state index in [-0.39, 0.29) is 15.0 Å². The Bertz CT molecular complexity index is 1560. The van der Waals surface area contributed by atoms with Gasteiger partial charge < -0.3 is 15.0 Å². The molecule has 1 atom stereocenters. The summed E-state index contributed by atoms with van der Waals surface area (Å²) in [7, 11) is -2.16. The van der Waals surface area contributed by atoms with Gasteiger partial charge in [0.25, 0.3) is 15.9 Å². The first kappa shape index (κ1) is 29.7. The molecular formula is C30H36N4O4S3. The largest absolute Gasteiger partial charge is 0.362 e. The molecule has 2 aromatic heterocycles. The average molecular weight is 613 g/mol. The van der Waals surface area contributed by atoms with Crippen LogP contribution < -0.4 is 9.62 Å². The number of unbranched alkanes of at least 4 members (excludes halogenated alkanes) is 1. The van der Waals surface area contributed by atoms with E-state index in [1.54, 1.807) is 35.7 Å². The van der Waals surface area contributed by atoms with E-state index in [4.69, 9.17) is 4.74 Å². The summed E-state index contributed by atoms with van der Waals surface area (Å²) in [6.45, 7) is 6.22. The van der Waals surface area contributed by atoms with Crippen LogP contribution in [-0.2, 0) is 20.5 Å². The summed E-state index contributed by atoms with van der Waals surface area (Å²) in [6.07, 6.45) is 1.84. The van der Waals surface area contributed by atoms with E-state index in [1.807, 2.05) is 23.9 Å². The first-order valence-electron chi connectivity index (χ1n) is 13.7. The topological polar surface area (TPSA) is 94.7 Å². The van der Waals surface area contributed by atoms with Crippen molar-refractivity contribution >= 4 is 55.6 Å². The molecule has 0 bridgehead atoms. The van der Waals surface area contributed by atoms with Gasteiger partial charge in [0.1, 0.15) is 14.8 Å². The highest BCUT2D eigenvalue weighted by Crippen LogP contribution is 2.33. The van der Waals surface area contributed by atoms with Crippen molar-refractivity contribution in [3.8, 4) is 0 Å². The summed E-state index contributed by atoms with van der Waals surface area (Å²) in [5, 5.41) is 5.52. The molecule has 1 fully saturated rings. The van der Waals surface area contributed by atoms with Crippen LogP contribution in [0.1, 0.15) is 35.8 Å². The standard InChI is InChI=1S/C30H36N4O4S3/c1-30(40-21-23-10-4-3-5-11-23)22-34(17-18-38-30)16-7-6-15-31-29(35)25-20-24-12-8-13-26(28(24)32-25)33(2)41(36,37)27-14-9-19-39-27/h3-5,8-14,19-20,32H,6-7,15-18,21-22H2,1-2H3,(H,31,35). The molecule has 1 amide bonds. The van der Waals surface area contributed by atoms with E-state index in [9.17, 15) is 13.2 Å². The van der Waals surface area contributed by atoms with Gasteiger partial charge in [0.05, 0.1) is 17.8 Å². The summed E-state index contributed by atoms with van der Waals surface area (Å²) in [5.41, 5.74) is 2.82. The Morgan fingerprint density at radius 1 is 1.15 bits per heavy atom. The fraction of sp³-hybridized carbons (Fsp3) is 0.367. The van der Waals surface area contributed by atoms with Gasteiger partial charge in [0.15, 0.2) is 0 Å². The van der Waals surface area contributed by atoms with E-state index in [0.29, 0.717) is 23.4 Å². The molecule has 2 N–H and O–H groups in total. The highest BCUT2D eigenvalue weighted by Gasteiger charge is 2.32. The summed E-state index contributed by atoms with van der Waals surface area (Å²) in [5.74, 6) is 0.722. The van der Waals surface area contributed by atoms with Crippen molar-refractivity contribution in [2.75, 3.05) is 44.1 Å². The molecule has 1 saturated heterocycles. The number of ether oxygens (including phenoxy) is 1. The Morgan fingerprint density at radius 3 is 2.76 bits per heavy atom. The van der Waals surface area contributed by atoms with E-state index in [1.165, 1.54) is 28.3 Å². The SMILES string of the molecule is CN(c1cccc2cc(C(=O)NCCCCN3CCOC(C)(SCc4ccccc4)C3)[nH]c12)S(=O)(=O)c1cccs1. The maximum Gasteiger partial charge on any atom is 0.273 e.